The number of fused-ring (bicyclic) bond motifs is 1. The van der Waals surface area contributed by atoms with Crippen molar-refractivity contribution in [3.63, 3.8) is 0 Å². The molecule has 0 spiro atoms. The lowest BCUT2D eigenvalue weighted by Gasteiger charge is -2.15. The van der Waals surface area contributed by atoms with Gasteiger partial charge in [-0.25, -0.2) is 9.97 Å². The highest BCUT2D eigenvalue weighted by Crippen LogP contribution is 2.30. The molecule has 1 saturated heterocycles. The first kappa shape index (κ1) is 28.4. The summed E-state index contributed by atoms with van der Waals surface area (Å²) < 4.78 is 13.3. The summed E-state index contributed by atoms with van der Waals surface area (Å²) in [6, 6.07) is 0. The molecule has 8 heteroatoms. The van der Waals surface area contributed by atoms with Gasteiger partial charge in [0.25, 0.3) is 5.56 Å². The number of H-pyrrole nitrogens is 1. The predicted molar refractivity (Wildman–Crippen MR) is 142 cm³/mol. The average molecular weight is 503 g/mol. The van der Waals surface area contributed by atoms with E-state index in [1.54, 1.807) is 10.9 Å². The maximum atomic E-state index is 12.1. The summed E-state index contributed by atoms with van der Waals surface area (Å²) >= 11 is 0. The van der Waals surface area contributed by atoms with Gasteiger partial charge < -0.3 is 14.5 Å². The second-order valence-corrected chi connectivity index (χ2v) is 10.2. The highest BCUT2D eigenvalue weighted by Gasteiger charge is 2.29. The molecule has 0 radical (unpaired) electrons. The second-order valence-electron chi connectivity index (χ2n) is 10.2. The number of aromatic amines is 1. The first-order chi connectivity index (χ1) is 17.7. The van der Waals surface area contributed by atoms with E-state index >= 15 is 0 Å². The molecule has 8 nitrogen and oxygen atoms in total. The summed E-state index contributed by atoms with van der Waals surface area (Å²) in [4.78, 5) is 34.8. The lowest BCUT2D eigenvalue weighted by Crippen LogP contribution is -2.19. The van der Waals surface area contributed by atoms with E-state index in [1.807, 2.05) is 0 Å². The van der Waals surface area contributed by atoms with E-state index in [4.69, 9.17) is 9.47 Å². The van der Waals surface area contributed by atoms with E-state index in [0.717, 1.165) is 25.7 Å². The Kier molecular flexibility index (Phi) is 13.0. The van der Waals surface area contributed by atoms with Gasteiger partial charge in [0.15, 0.2) is 11.2 Å². The van der Waals surface area contributed by atoms with Crippen LogP contribution in [0.5, 0.6) is 0 Å². The fourth-order valence-corrected chi connectivity index (χ4v) is 4.99. The highest BCUT2D eigenvalue weighted by atomic mass is 16.6. The van der Waals surface area contributed by atoms with Crippen molar-refractivity contribution in [2.45, 2.75) is 135 Å². The van der Waals surface area contributed by atoms with Gasteiger partial charge in [-0.1, -0.05) is 96.8 Å². The van der Waals surface area contributed by atoms with Crippen LogP contribution in [0.25, 0.3) is 11.2 Å². The number of hydrogen-bond acceptors (Lipinski definition) is 6. The SMILES string of the molecule is CCCCCCCCCCCCCCCCCC(=O)OC[C@@H]1CC[C@H](n2cnc3c(=O)[nH]cnc32)O1. The quantitative estimate of drug-likeness (QED) is 0.172. The molecule has 0 aliphatic carbocycles. The van der Waals surface area contributed by atoms with Crippen LogP contribution in [0.3, 0.4) is 0 Å². The normalized spacial score (nSPS) is 17.7. The van der Waals surface area contributed by atoms with Crippen LogP contribution in [0.2, 0.25) is 0 Å². The van der Waals surface area contributed by atoms with Crippen LogP contribution in [0.15, 0.2) is 17.4 Å². The number of aromatic nitrogens is 4. The van der Waals surface area contributed by atoms with Gasteiger partial charge in [0.2, 0.25) is 0 Å². The number of ether oxygens (including phenoxy) is 2. The minimum absolute atomic E-state index is 0.139. The smallest absolute Gasteiger partial charge is 0.305 e. The summed E-state index contributed by atoms with van der Waals surface area (Å²) in [5.41, 5.74) is 0.551. The summed E-state index contributed by atoms with van der Waals surface area (Å²) in [5.74, 6) is -0.141. The van der Waals surface area contributed by atoms with Crippen LogP contribution in [0.1, 0.15) is 129 Å². The zero-order chi connectivity index (χ0) is 25.4. The van der Waals surface area contributed by atoms with Gasteiger partial charge in [-0.05, 0) is 19.3 Å². The average Bonchev–Trinajstić information content (AvgIpc) is 3.53. The molecule has 2 aromatic heterocycles. The lowest BCUT2D eigenvalue weighted by molar-refractivity contribution is -0.148. The van der Waals surface area contributed by atoms with Crippen molar-refractivity contribution in [2.24, 2.45) is 0 Å². The van der Waals surface area contributed by atoms with Gasteiger partial charge in [-0.3, -0.25) is 14.2 Å². The third kappa shape index (κ3) is 9.68. The molecule has 0 saturated carbocycles. The van der Waals surface area contributed by atoms with Crippen LogP contribution in [0.4, 0.5) is 0 Å². The molecule has 2 aromatic rings. The number of nitrogens with one attached hydrogen (secondary N) is 1. The van der Waals surface area contributed by atoms with Crippen molar-refractivity contribution >= 4 is 17.1 Å². The van der Waals surface area contributed by atoms with Crippen LogP contribution in [-0.4, -0.2) is 38.2 Å². The number of esters is 1. The largest absolute Gasteiger partial charge is 0.463 e. The molecule has 3 heterocycles. The molecule has 1 fully saturated rings. The maximum Gasteiger partial charge on any atom is 0.305 e. The van der Waals surface area contributed by atoms with Crippen LogP contribution >= 0.6 is 0 Å². The van der Waals surface area contributed by atoms with Gasteiger partial charge in [-0.2, -0.15) is 0 Å². The van der Waals surface area contributed by atoms with E-state index in [2.05, 4.69) is 21.9 Å². The second kappa shape index (κ2) is 16.5. The summed E-state index contributed by atoms with van der Waals surface area (Å²) in [6.07, 6.45) is 24.3. The van der Waals surface area contributed by atoms with Crippen molar-refractivity contribution in [3.8, 4) is 0 Å². The molecule has 1 aliphatic rings. The molecule has 1 aliphatic heterocycles. The Hall–Kier alpha value is -2.22. The van der Waals surface area contributed by atoms with Gasteiger partial charge in [0, 0.05) is 6.42 Å². The zero-order valence-electron chi connectivity index (χ0n) is 22.2. The fraction of sp³-hybridized carbons (Fsp3) is 0.786. The highest BCUT2D eigenvalue weighted by molar-refractivity contribution is 5.69. The van der Waals surface area contributed by atoms with Crippen molar-refractivity contribution in [1.82, 2.24) is 19.5 Å². The number of nitrogens with zero attached hydrogens (tertiary/aromatic N) is 3. The van der Waals surface area contributed by atoms with Crippen molar-refractivity contribution in [1.29, 1.82) is 0 Å². The third-order valence-corrected chi connectivity index (χ3v) is 7.18. The van der Waals surface area contributed by atoms with E-state index in [1.165, 1.54) is 89.8 Å². The molecular formula is C28H46N4O4. The lowest BCUT2D eigenvalue weighted by atomic mass is 10.0. The van der Waals surface area contributed by atoms with Crippen molar-refractivity contribution in [3.05, 3.63) is 23.0 Å². The first-order valence-electron chi connectivity index (χ1n) is 14.4. The Balaban J connectivity index is 1.14. The number of carbonyl (C=O) groups excluding carboxylic acids is 1. The van der Waals surface area contributed by atoms with Gasteiger partial charge >= 0.3 is 5.97 Å². The number of carbonyl (C=O) groups is 1. The molecule has 0 unspecified atom stereocenters. The van der Waals surface area contributed by atoms with E-state index in [9.17, 15) is 9.59 Å². The minimum Gasteiger partial charge on any atom is -0.463 e. The standard InChI is InChI=1S/C28H46N4O4/c1-2-3-4-5-6-7-8-9-10-11-12-13-14-15-16-17-25(33)35-20-23-18-19-24(36-23)32-22-31-26-27(32)29-21-30-28(26)34/h21-24H,2-20H2,1H3,(H,29,30,34)/t23-,24+/m0/s1. The van der Waals surface area contributed by atoms with Crippen molar-refractivity contribution in [2.75, 3.05) is 6.61 Å². The summed E-state index contributed by atoms with van der Waals surface area (Å²) in [5, 5.41) is 0. The van der Waals surface area contributed by atoms with Crippen LogP contribution in [0, 0.1) is 0 Å². The molecule has 202 valence electrons. The molecule has 0 amide bonds. The number of unbranched alkanes of at least 4 members (excludes halogenated alkanes) is 14. The zero-order valence-corrected chi connectivity index (χ0v) is 22.2. The molecule has 3 rings (SSSR count). The Morgan fingerprint density at radius 1 is 0.944 bits per heavy atom. The van der Waals surface area contributed by atoms with Crippen molar-refractivity contribution < 1.29 is 14.3 Å². The Morgan fingerprint density at radius 2 is 1.56 bits per heavy atom. The molecule has 0 bridgehead atoms. The van der Waals surface area contributed by atoms with E-state index < -0.39 is 0 Å². The van der Waals surface area contributed by atoms with Gasteiger partial charge in [-0.15, -0.1) is 0 Å². The fourth-order valence-electron chi connectivity index (χ4n) is 4.99. The molecule has 1 N–H and O–H groups in total. The van der Waals surface area contributed by atoms with Gasteiger partial charge in [0.05, 0.1) is 18.8 Å². The Morgan fingerprint density at radius 3 is 2.19 bits per heavy atom. The number of imidazole rings is 1. The predicted octanol–water partition coefficient (Wildman–Crippen LogP) is 6.60. The minimum atomic E-state index is -0.263. The van der Waals surface area contributed by atoms with E-state index in [-0.39, 0.29) is 30.5 Å². The first-order valence-corrected chi connectivity index (χ1v) is 14.4. The molecule has 2 atom stereocenters. The Bertz CT molecular complexity index is 941. The molecular weight excluding hydrogens is 456 g/mol. The van der Waals surface area contributed by atoms with Gasteiger partial charge in [0.1, 0.15) is 12.8 Å². The van der Waals surface area contributed by atoms with Crippen LogP contribution in [-0.2, 0) is 14.3 Å². The third-order valence-electron chi connectivity index (χ3n) is 7.18. The van der Waals surface area contributed by atoms with E-state index in [0.29, 0.717) is 17.6 Å². The topological polar surface area (TPSA) is 99.1 Å². The van der Waals surface area contributed by atoms with Crippen LogP contribution < -0.4 is 5.56 Å². The summed E-state index contributed by atoms with van der Waals surface area (Å²) in [6.45, 7) is 2.54. The Labute approximate surface area is 215 Å². The molecule has 36 heavy (non-hydrogen) atoms. The molecule has 0 aromatic carbocycles. The number of hydrogen-bond donors (Lipinski definition) is 1. The summed E-state index contributed by atoms with van der Waals surface area (Å²) in [7, 11) is 0. The maximum absolute atomic E-state index is 12.1. The monoisotopic (exact) mass is 502 g/mol. The number of rotatable bonds is 19.